The third-order valence-electron chi connectivity index (χ3n) is 3.27. The Labute approximate surface area is 129 Å². The summed E-state index contributed by atoms with van der Waals surface area (Å²) in [7, 11) is 1.97. The SMILES string of the molecule is CCNC(Cc1ccc(Cl)c(Cl)c1)c1cc(C)nn1C. The number of likely N-dealkylation sites (N-methyl/N-ethyl adjacent to an activating group) is 1. The summed E-state index contributed by atoms with van der Waals surface area (Å²) >= 11 is 12.0. The number of nitrogens with zero attached hydrogens (tertiary/aromatic N) is 2. The molecule has 0 amide bonds. The monoisotopic (exact) mass is 311 g/mol. The number of benzene rings is 1. The molecule has 0 saturated carbocycles. The highest BCUT2D eigenvalue weighted by atomic mass is 35.5. The second-order valence-electron chi connectivity index (χ2n) is 4.90. The zero-order valence-electron chi connectivity index (χ0n) is 12.0. The molecule has 0 radical (unpaired) electrons. The molecule has 0 aliphatic rings. The van der Waals surface area contributed by atoms with E-state index in [2.05, 4.69) is 23.4 Å². The summed E-state index contributed by atoms with van der Waals surface area (Å²) in [5, 5.41) is 9.10. The van der Waals surface area contributed by atoms with Crippen LogP contribution in [-0.2, 0) is 13.5 Å². The Morgan fingerprint density at radius 1 is 1.25 bits per heavy atom. The topological polar surface area (TPSA) is 29.9 Å². The van der Waals surface area contributed by atoms with Crippen molar-refractivity contribution >= 4 is 23.2 Å². The van der Waals surface area contributed by atoms with Gasteiger partial charge < -0.3 is 5.32 Å². The third kappa shape index (κ3) is 3.54. The van der Waals surface area contributed by atoms with Crippen molar-refractivity contribution in [3.05, 3.63) is 51.3 Å². The minimum Gasteiger partial charge on any atom is -0.309 e. The van der Waals surface area contributed by atoms with Crippen molar-refractivity contribution in [3.63, 3.8) is 0 Å². The predicted octanol–water partition coefficient (Wildman–Crippen LogP) is 3.93. The van der Waals surface area contributed by atoms with Crippen molar-refractivity contribution in [1.29, 1.82) is 0 Å². The van der Waals surface area contributed by atoms with Gasteiger partial charge in [0.1, 0.15) is 0 Å². The van der Waals surface area contributed by atoms with E-state index in [0.717, 1.165) is 24.2 Å². The van der Waals surface area contributed by atoms with Crippen LogP contribution < -0.4 is 5.32 Å². The van der Waals surface area contributed by atoms with Crippen LogP contribution in [0.3, 0.4) is 0 Å². The summed E-state index contributed by atoms with van der Waals surface area (Å²) in [6, 6.07) is 8.12. The fourth-order valence-electron chi connectivity index (χ4n) is 2.39. The van der Waals surface area contributed by atoms with E-state index in [9.17, 15) is 0 Å². The van der Waals surface area contributed by atoms with Gasteiger partial charge in [-0.3, -0.25) is 4.68 Å². The molecule has 1 atom stereocenters. The number of hydrogen-bond acceptors (Lipinski definition) is 2. The molecule has 1 aromatic heterocycles. The zero-order chi connectivity index (χ0) is 14.7. The first kappa shape index (κ1) is 15.4. The number of nitrogens with one attached hydrogen (secondary N) is 1. The molecule has 108 valence electrons. The molecule has 0 fully saturated rings. The lowest BCUT2D eigenvalue weighted by atomic mass is 10.0. The predicted molar refractivity (Wildman–Crippen MR) is 84.5 cm³/mol. The smallest absolute Gasteiger partial charge is 0.0597 e. The van der Waals surface area contributed by atoms with Crippen molar-refractivity contribution < 1.29 is 0 Å². The van der Waals surface area contributed by atoms with E-state index in [1.807, 2.05) is 36.9 Å². The van der Waals surface area contributed by atoms with Crippen LogP contribution in [0.25, 0.3) is 0 Å². The molecule has 3 nitrogen and oxygen atoms in total. The van der Waals surface area contributed by atoms with E-state index < -0.39 is 0 Å². The van der Waals surface area contributed by atoms with Gasteiger partial charge in [0.05, 0.1) is 27.5 Å². The molecule has 20 heavy (non-hydrogen) atoms. The van der Waals surface area contributed by atoms with Crippen molar-refractivity contribution in [2.24, 2.45) is 7.05 Å². The Hall–Kier alpha value is -1.03. The van der Waals surface area contributed by atoms with E-state index in [1.54, 1.807) is 0 Å². The molecule has 5 heteroatoms. The Balaban J connectivity index is 2.25. The number of rotatable bonds is 5. The summed E-state index contributed by atoms with van der Waals surface area (Å²) in [4.78, 5) is 0. The van der Waals surface area contributed by atoms with Gasteiger partial charge in [0, 0.05) is 7.05 Å². The van der Waals surface area contributed by atoms with Gasteiger partial charge in [-0.2, -0.15) is 5.10 Å². The fraction of sp³-hybridized carbons (Fsp3) is 0.400. The van der Waals surface area contributed by atoms with E-state index in [-0.39, 0.29) is 6.04 Å². The highest BCUT2D eigenvalue weighted by molar-refractivity contribution is 6.42. The van der Waals surface area contributed by atoms with Crippen LogP contribution in [-0.4, -0.2) is 16.3 Å². The van der Waals surface area contributed by atoms with E-state index in [1.165, 1.54) is 5.69 Å². The number of hydrogen-bond donors (Lipinski definition) is 1. The quantitative estimate of drug-likeness (QED) is 0.906. The van der Waals surface area contributed by atoms with Crippen LogP contribution in [0, 0.1) is 6.92 Å². The summed E-state index contributed by atoms with van der Waals surface area (Å²) in [5.41, 5.74) is 3.36. The highest BCUT2D eigenvalue weighted by Crippen LogP contribution is 2.25. The Morgan fingerprint density at radius 2 is 2.00 bits per heavy atom. The first-order valence-corrected chi connectivity index (χ1v) is 7.44. The molecule has 1 unspecified atom stereocenters. The average molecular weight is 312 g/mol. The van der Waals surface area contributed by atoms with Crippen molar-refractivity contribution in [3.8, 4) is 0 Å². The van der Waals surface area contributed by atoms with E-state index >= 15 is 0 Å². The van der Waals surface area contributed by atoms with Crippen LogP contribution in [0.15, 0.2) is 24.3 Å². The number of aryl methyl sites for hydroxylation is 2. The average Bonchev–Trinajstić information content (AvgIpc) is 2.72. The lowest BCUT2D eigenvalue weighted by molar-refractivity contribution is 0.507. The van der Waals surface area contributed by atoms with Gasteiger partial charge in [-0.05, 0) is 43.7 Å². The Bertz CT molecular complexity index is 593. The molecule has 2 rings (SSSR count). The minimum atomic E-state index is 0.212. The van der Waals surface area contributed by atoms with Gasteiger partial charge in [0.25, 0.3) is 0 Å². The maximum Gasteiger partial charge on any atom is 0.0597 e. The highest BCUT2D eigenvalue weighted by Gasteiger charge is 2.16. The van der Waals surface area contributed by atoms with Crippen LogP contribution in [0.2, 0.25) is 10.0 Å². The summed E-state index contributed by atoms with van der Waals surface area (Å²) in [6.07, 6.45) is 0.851. The lowest BCUT2D eigenvalue weighted by Crippen LogP contribution is -2.25. The first-order chi connectivity index (χ1) is 9.51. The molecule has 1 aromatic carbocycles. The minimum absolute atomic E-state index is 0.212. The Kier molecular flexibility index (Phi) is 5.08. The maximum absolute atomic E-state index is 6.09. The van der Waals surface area contributed by atoms with Gasteiger partial charge in [-0.25, -0.2) is 0 Å². The third-order valence-corrected chi connectivity index (χ3v) is 4.01. The van der Waals surface area contributed by atoms with Crippen LogP contribution in [0.1, 0.15) is 29.9 Å². The molecule has 1 heterocycles. The molecule has 0 saturated heterocycles. The van der Waals surface area contributed by atoms with Gasteiger partial charge in [-0.1, -0.05) is 36.2 Å². The molecule has 0 spiro atoms. The van der Waals surface area contributed by atoms with Gasteiger partial charge in [-0.15, -0.1) is 0 Å². The lowest BCUT2D eigenvalue weighted by Gasteiger charge is -2.18. The van der Waals surface area contributed by atoms with Crippen LogP contribution in [0.4, 0.5) is 0 Å². The largest absolute Gasteiger partial charge is 0.309 e. The van der Waals surface area contributed by atoms with Crippen LogP contribution >= 0.6 is 23.2 Å². The fourth-order valence-corrected chi connectivity index (χ4v) is 2.71. The number of aromatic nitrogens is 2. The molecule has 1 N–H and O–H groups in total. The second kappa shape index (κ2) is 6.61. The zero-order valence-corrected chi connectivity index (χ0v) is 13.5. The van der Waals surface area contributed by atoms with Gasteiger partial charge >= 0.3 is 0 Å². The maximum atomic E-state index is 6.09. The molecular weight excluding hydrogens is 293 g/mol. The van der Waals surface area contributed by atoms with Crippen molar-refractivity contribution in [1.82, 2.24) is 15.1 Å². The molecule has 0 aliphatic heterocycles. The molecular formula is C15H19Cl2N3. The normalized spacial score (nSPS) is 12.7. The molecule has 0 aliphatic carbocycles. The standard InChI is InChI=1S/C15H19Cl2N3/c1-4-18-14(15-7-10(2)19-20(15)3)9-11-5-6-12(16)13(17)8-11/h5-8,14,18H,4,9H2,1-3H3. The second-order valence-corrected chi connectivity index (χ2v) is 5.71. The summed E-state index contributed by atoms with van der Waals surface area (Å²) in [6.45, 7) is 5.01. The van der Waals surface area contributed by atoms with Gasteiger partial charge in [0.2, 0.25) is 0 Å². The van der Waals surface area contributed by atoms with E-state index in [0.29, 0.717) is 10.0 Å². The van der Waals surface area contributed by atoms with Gasteiger partial charge in [0.15, 0.2) is 0 Å². The first-order valence-electron chi connectivity index (χ1n) is 6.69. The number of halogens is 2. The summed E-state index contributed by atoms with van der Waals surface area (Å²) < 4.78 is 1.93. The van der Waals surface area contributed by atoms with Crippen molar-refractivity contribution in [2.45, 2.75) is 26.3 Å². The van der Waals surface area contributed by atoms with E-state index in [4.69, 9.17) is 23.2 Å². The molecule has 2 aromatic rings. The Morgan fingerprint density at radius 3 is 2.55 bits per heavy atom. The van der Waals surface area contributed by atoms with Crippen molar-refractivity contribution in [2.75, 3.05) is 6.54 Å². The van der Waals surface area contributed by atoms with Crippen LogP contribution in [0.5, 0.6) is 0 Å². The molecule has 0 bridgehead atoms. The summed E-state index contributed by atoms with van der Waals surface area (Å²) in [5.74, 6) is 0.